The van der Waals surface area contributed by atoms with Crippen LogP contribution in [0.1, 0.15) is 22.9 Å². The van der Waals surface area contributed by atoms with Crippen LogP contribution in [-0.2, 0) is 4.74 Å². The molecular weight excluding hydrogens is 411 g/mol. The molecule has 2 aliphatic heterocycles. The molecule has 1 atom stereocenters. The minimum absolute atomic E-state index is 0.134. The first-order valence-corrected chi connectivity index (χ1v) is 10.2. The van der Waals surface area contributed by atoms with E-state index in [4.69, 9.17) is 9.47 Å². The molecular formula is C24H21FN4O3. The molecule has 5 rings (SSSR count). The fraction of sp³-hybridized carbons (Fsp3) is 0.208. The highest BCUT2D eigenvalue weighted by Gasteiger charge is 2.40. The van der Waals surface area contributed by atoms with E-state index in [0.717, 1.165) is 28.1 Å². The maximum Gasteiger partial charge on any atom is 0.416 e. The van der Waals surface area contributed by atoms with Gasteiger partial charge in [0, 0.05) is 11.8 Å². The quantitative estimate of drug-likeness (QED) is 0.616. The van der Waals surface area contributed by atoms with Gasteiger partial charge in [0.05, 0.1) is 37.4 Å². The van der Waals surface area contributed by atoms with E-state index in [1.807, 2.05) is 42.0 Å². The molecule has 0 saturated carbocycles. The van der Waals surface area contributed by atoms with Crippen LogP contribution in [0.25, 0.3) is 11.8 Å². The van der Waals surface area contributed by atoms with Crippen molar-refractivity contribution in [2.24, 2.45) is 4.99 Å². The van der Waals surface area contributed by atoms with Gasteiger partial charge in [0.15, 0.2) is 0 Å². The Balaban J connectivity index is 1.45. The predicted octanol–water partition coefficient (Wildman–Crippen LogP) is 4.32. The highest BCUT2D eigenvalue weighted by atomic mass is 19.1. The number of ether oxygens (including phenoxy) is 2. The number of hydrogen-bond acceptors (Lipinski definition) is 5. The lowest BCUT2D eigenvalue weighted by molar-refractivity contribution is 0.117. The van der Waals surface area contributed by atoms with Gasteiger partial charge in [-0.3, -0.25) is 9.89 Å². The Morgan fingerprint density at radius 1 is 1.22 bits per heavy atom. The van der Waals surface area contributed by atoms with Gasteiger partial charge < -0.3 is 14.0 Å². The number of aryl methyl sites for hydroxylation is 1. The second-order valence-corrected chi connectivity index (χ2v) is 7.68. The van der Waals surface area contributed by atoms with Gasteiger partial charge in [-0.05, 0) is 48.4 Å². The van der Waals surface area contributed by atoms with Crippen molar-refractivity contribution in [1.29, 1.82) is 0 Å². The number of methoxy groups -OCH3 is 1. The zero-order valence-electron chi connectivity index (χ0n) is 17.7. The standard InChI is InChI=1S/C24H21FN4O3/c1-15-12-28(14-27-15)20-8-3-16(10-22(20)31-2)9-18-13-32-24(30)29-21(11-26-23(18)29)17-4-6-19(25)7-5-17/h3-10,12,14,21H,11,13H2,1-2H3. The highest BCUT2D eigenvalue weighted by Crippen LogP contribution is 2.33. The van der Waals surface area contributed by atoms with Gasteiger partial charge in [0.25, 0.3) is 0 Å². The first-order chi connectivity index (χ1) is 15.5. The van der Waals surface area contributed by atoms with Crippen LogP contribution >= 0.6 is 0 Å². The Labute approximate surface area is 184 Å². The number of carbonyl (C=O) groups is 1. The van der Waals surface area contributed by atoms with E-state index in [1.54, 1.807) is 30.5 Å². The Morgan fingerprint density at radius 3 is 2.75 bits per heavy atom. The highest BCUT2D eigenvalue weighted by molar-refractivity contribution is 6.12. The second-order valence-electron chi connectivity index (χ2n) is 7.68. The molecule has 1 amide bonds. The molecule has 162 valence electrons. The predicted molar refractivity (Wildman–Crippen MR) is 117 cm³/mol. The van der Waals surface area contributed by atoms with E-state index in [9.17, 15) is 9.18 Å². The molecule has 0 N–H and O–H groups in total. The fourth-order valence-corrected chi connectivity index (χ4v) is 4.02. The summed E-state index contributed by atoms with van der Waals surface area (Å²) >= 11 is 0. The molecule has 3 heterocycles. The number of amides is 1. The summed E-state index contributed by atoms with van der Waals surface area (Å²) in [5.41, 5.74) is 4.29. The van der Waals surface area contributed by atoms with Crippen LogP contribution in [0.2, 0.25) is 0 Å². The summed E-state index contributed by atoms with van der Waals surface area (Å²) in [6, 6.07) is 11.6. The monoisotopic (exact) mass is 432 g/mol. The second kappa shape index (κ2) is 7.96. The van der Waals surface area contributed by atoms with Crippen LogP contribution in [0.15, 0.2) is 65.6 Å². The number of imidazole rings is 1. The molecule has 1 saturated heterocycles. The van der Waals surface area contributed by atoms with Crippen molar-refractivity contribution >= 4 is 18.0 Å². The van der Waals surface area contributed by atoms with Gasteiger partial charge in [-0.15, -0.1) is 0 Å². The van der Waals surface area contributed by atoms with Crippen LogP contribution in [0.4, 0.5) is 9.18 Å². The van der Waals surface area contributed by atoms with Crippen LogP contribution in [0, 0.1) is 12.7 Å². The summed E-state index contributed by atoms with van der Waals surface area (Å²) in [7, 11) is 1.62. The normalized spacial score (nSPS) is 19.0. The van der Waals surface area contributed by atoms with Crippen molar-refractivity contribution in [2.45, 2.75) is 13.0 Å². The third-order valence-electron chi connectivity index (χ3n) is 5.58. The number of cyclic esters (lactones) is 1. The van der Waals surface area contributed by atoms with Gasteiger partial charge in [-0.2, -0.15) is 0 Å². The summed E-state index contributed by atoms with van der Waals surface area (Å²) in [4.78, 5) is 22.9. The smallest absolute Gasteiger partial charge is 0.416 e. The summed E-state index contributed by atoms with van der Waals surface area (Å²) in [6.45, 7) is 2.46. The number of rotatable bonds is 4. The van der Waals surface area contributed by atoms with E-state index in [2.05, 4.69) is 9.98 Å². The summed E-state index contributed by atoms with van der Waals surface area (Å²) in [5.74, 6) is 0.959. The number of aliphatic imine (C=N–C) groups is 1. The molecule has 0 aliphatic carbocycles. The van der Waals surface area contributed by atoms with Crippen LogP contribution in [0.5, 0.6) is 5.75 Å². The van der Waals surface area contributed by atoms with Crippen molar-refractivity contribution in [1.82, 2.24) is 14.5 Å². The van der Waals surface area contributed by atoms with Crippen molar-refractivity contribution in [3.63, 3.8) is 0 Å². The lowest BCUT2D eigenvalue weighted by atomic mass is 10.0. The molecule has 2 aromatic carbocycles. The SMILES string of the molecule is COc1cc(C=C2COC(=O)N3C2=NCC3c2ccc(F)cc2)ccc1-n1cnc(C)c1. The Hall–Kier alpha value is -3.94. The molecule has 0 radical (unpaired) electrons. The number of amidine groups is 1. The van der Waals surface area contributed by atoms with Crippen LogP contribution < -0.4 is 4.74 Å². The largest absolute Gasteiger partial charge is 0.495 e. The molecule has 32 heavy (non-hydrogen) atoms. The maximum absolute atomic E-state index is 13.3. The summed E-state index contributed by atoms with van der Waals surface area (Å²) in [5, 5.41) is 0. The molecule has 8 heteroatoms. The van der Waals surface area contributed by atoms with Crippen molar-refractivity contribution < 1.29 is 18.7 Å². The minimum Gasteiger partial charge on any atom is -0.495 e. The Kier molecular flexibility index (Phi) is 4.97. The van der Waals surface area contributed by atoms with Crippen molar-refractivity contribution in [3.05, 3.63) is 83.2 Å². The van der Waals surface area contributed by atoms with Gasteiger partial charge in [-0.1, -0.05) is 18.2 Å². The molecule has 7 nitrogen and oxygen atoms in total. The first-order valence-electron chi connectivity index (χ1n) is 10.2. The van der Waals surface area contributed by atoms with E-state index in [-0.39, 0.29) is 18.5 Å². The van der Waals surface area contributed by atoms with Crippen molar-refractivity contribution in [2.75, 3.05) is 20.3 Å². The lowest BCUT2D eigenvalue weighted by Gasteiger charge is -2.30. The molecule has 0 bridgehead atoms. The van der Waals surface area contributed by atoms with E-state index >= 15 is 0 Å². The first kappa shape index (κ1) is 20.0. The Morgan fingerprint density at radius 2 is 2.03 bits per heavy atom. The lowest BCUT2D eigenvalue weighted by Crippen LogP contribution is -2.43. The zero-order chi connectivity index (χ0) is 22.2. The minimum atomic E-state index is -0.448. The number of nitrogens with zero attached hydrogens (tertiary/aromatic N) is 4. The third kappa shape index (κ3) is 3.53. The number of hydrogen-bond donors (Lipinski definition) is 0. The van der Waals surface area contributed by atoms with E-state index < -0.39 is 6.09 Å². The maximum atomic E-state index is 13.3. The van der Waals surface area contributed by atoms with E-state index in [0.29, 0.717) is 18.1 Å². The number of halogens is 1. The number of aromatic nitrogens is 2. The van der Waals surface area contributed by atoms with Crippen LogP contribution in [-0.4, -0.2) is 46.6 Å². The van der Waals surface area contributed by atoms with E-state index in [1.165, 1.54) is 12.1 Å². The van der Waals surface area contributed by atoms with Gasteiger partial charge in [0.2, 0.25) is 0 Å². The van der Waals surface area contributed by atoms with Gasteiger partial charge in [0.1, 0.15) is 24.0 Å². The average Bonchev–Trinajstić information content (AvgIpc) is 3.43. The van der Waals surface area contributed by atoms with Gasteiger partial charge in [-0.25, -0.2) is 14.2 Å². The Bertz CT molecular complexity index is 1250. The molecule has 0 spiro atoms. The van der Waals surface area contributed by atoms with Gasteiger partial charge >= 0.3 is 6.09 Å². The van der Waals surface area contributed by atoms with Crippen molar-refractivity contribution in [3.8, 4) is 11.4 Å². The summed E-state index contributed by atoms with van der Waals surface area (Å²) in [6.07, 6.45) is 5.16. The topological polar surface area (TPSA) is 69.0 Å². The number of benzene rings is 2. The fourth-order valence-electron chi connectivity index (χ4n) is 4.02. The zero-order valence-corrected chi connectivity index (χ0v) is 17.7. The van der Waals surface area contributed by atoms with Crippen LogP contribution in [0.3, 0.4) is 0 Å². The molecule has 2 aliphatic rings. The average molecular weight is 432 g/mol. The number of fused-ring (bicyclic) bond motifs is 1. The molecule has 1 fully saturated rings. The molecule has 1 aromatic heterocycles. The molecule has 3 aromatic rings. The third-order valence-corrected chi connectivity index (χ3v) is 5.58. The molecule has 1 unspecified atom stereocenters. The summed E-state index contributed by atoms with van der Waals surface area (Å²) < 4.78 is 26.3. The number of carbonyl (C=O) groups excluding carboxylic acids is 1.